The number of nitrogens with zero attached hydrogens (tertiary/aromatic N) is 1. The van der Waals surface area contributed by atoms with Gasteiger partial charge in [-0.1, -0.05) is 6.08 Å². The van der Waals surface area contributed by atoms with E-state index in [1.165, 1.54) is 12.1 Å². The second-order valence-corrected chi connectivity index (χ2v) is 6.78. The van der Waals surface area contributed by atoms with Crippen molar-refractivity contribution in [3.63, 3.8) is 0 Å². The maximum atomic E-state index is 11.5. The molecule has 1 aromatic carbocycles. The van der Waals surface area contributed by atoms with Crippen LogP contribution in [0.25, 0.3) is 5.57 Å². The Hall–Kier alpha value is -1.43. The lowest BCUT2D eigenvalue weighted by atomic mass is 9.19. The molecule has 0 amide bonds. The Kier molecular flexibility index (Phi) is 6.10. The summed E-state index contributed by atoms with van der Waals surface area (Å²) in [5, 5.41) is 10.1. The van der Waals surface area contributed by atoms with Crippen molar-refractivity contribution >= 4 is 66.2 Å². The molecule has 1 aliphatic rings. The van der Waals surface area contributed by atoms with Crippen LogP contribution in [0, 0.1) is 17.0 Å². The fourth-order valence-corrected chi connectivity index (χ4v) is 2.84. The van der Waals surface area contributed by atoms with Crippen molar-refractivity contribution in [3.05, 3.63) is 39.4 Å². The van der Waals surface area contributed by atoms with Gasteiger partial charge in [0.15, 0.2) is 5.75 Å². The highest BCUT2D eigenvalue weighted by Crippen LogP contribution is 2.46. The lowest BCUT2D eigenvalue weighted by Crippen LogP contribution is -2.59. The summed E-state index contributed by atoms with van der Waals surface area (Å²) < 4.78 is 5.55. The maximum absolute atomic E-state index is 11.5. The van der Waals surface area contributed by atoms with Gasteiger partial charge in [-0.05, 0) is 42.7 Å². The molecule has 0 aromatic heterocycles. The van der Waals surface area contributed by atoms with Gasteiger partial charge in [0.25, 0.3) is 0 Å². The lowest BCUT2D eigenvalue weighted by molar-refractivity contribution is -0.386. The first-order valence-corrected chi connectivity index (χ1v) is 8.18. The topological polar surface area (TPSA) is 64.4 Å². The highest BCUT2D eigenvalue weighted by Gasteiger charge is 2.46. The third kappa shape index (κ3) is 4.36. The molecule has 0 saturated carbocycles. The molecule has 0 spiro atoms. The van der Waals surface area contributed by atoms with Crippen LogP contribution >= 0.6 is 0 Å². The van der Waals surface area contributed by atoms with Gasteiger partial charge < -0.3 is 10.1 Å². The van der Waals surface area contributed by atoms with E-state index >= 15 is 0 Å². The van der Waals surface area contributed by atoms with E-state index in [-0.39, 0.29) is 11.4 Å². The fraction of sp³-hybridized carbons (Fsp3) is 0.467. The summed E-state index contributed by atoms with van der Waals surface area (Å²) in [4.78, 5) is 10.9. The van der Waals surface area contributed by atoms with Crippen LogP contribution in [0.1, 0.15) is 17.5 Å². The molecule has 0 atom stereocenters. The Labute approximate surface area is 168 Å². The van der Waals surface area contributed by atoms with Crippen LogP contribution in [-0.2, 0) is 0 Å². The van der Waals surface area contributed by atoms with Gasteiger partial charge in [-0.15, -0.1) is 10.2 Å². The van der Waals surface area contributed by atoms with Crippen LogP contribution in [-0.4, -0.2) is 78.4 Å². The van der Waals surface area contributed by atoms with Crippen molar-refractivity contribution in [2.24, 2.45) is 0 Å². The van der Waals surface area contributed by atoms with Crippen molar-refractivity contribution < 1.29 is 9.66 Å². The molecule has 14 radical (unpaired) electrons. The molecular formula is C15H13B7N2O3. The minimum absolute atomic E-state index is 0.251. The minimum Gasteiger partial charge on any atom is -0.494 e. The van der Waals surface area contributed by atoms with Crippen molar-refractivity contribution in [2.75, 3.05) is 13.1 Å². The Morgan fingerprint density at radius 2 is 1.70 bits per heavy atom. The normalized spacial score (nSPS) is 15.8. The van der Waals surface area contributed by atoms with Crippen molar-refractivity contribution in [1.29, 1.82) is 0 Å². The number of nitro benzene ring substituents is 1. The van der Waals surface area contributed by atoms with Crippen molar-refractivity contribution in [2.45, 2.75) is 29.1 Å². The smallest absolute Gasteiger partial charge is 0.311 e. The van der Waals surface area contributed by atoms with E-state index in [9.17, 15) is 10.1 Å². The highest BCUT2D eigenvalue weighted by molar-refractivity contribution is 6.69. The van der Waals surface area contributed by atoms with E-state index in [0.717, 1.165) is 24.1 Å². The molecule has 1 aromatic rings. The second kappa shape index (κ2) is 7.53. The molecule has 0 unspecified atom stereocenters. The Balaban J connectivity index is 2.63. The summed E-state index contributed by atoms with van der Waals surface area (Å²) in [6, 6.07) is 2.81. The number of aryl methyl sites for hydroxylation is 1. The zero-order chi connectivity index (χ0) is 20.6. The molecule has 0 fully saturated rings. The van der Waals surface area contributed by atoms with Crippen LogP contribution in [0.2, 0.25) is 10.2 Å². The number of ether oxygens (including phenoxy) is 1. The standard InChI is InChI=1S/C15H13B7N2O3/c1-8-6-11(24(25)26)12(7-10(8)9-2-4-23-5-3-9)27-13(16,14(17,18)19)15(20,21)22/h2,6-7,23H,3-5H2,1H3. The minimum atomic E-state index is -2.43. The SMILES string of the molecule is [B]C([B])([B])C([B])(Oc1cc(C2=CCNCC2)c(C)cc1[N+](=O)[O-])C([B])([B])[B]. The molecule has 122 valence electrons. The van der Waals surface area contributed by atoms with Gasteiger partial charge in [-0.3, -0.25) is 10.1 Å². The van der Waals surface area contributed by atoms with Crippen LogP contribution in [0.4, 0.5) is 5.69 Å². The summed E-state index contributed by atoms with van der Waals surface area (Å²) in [6.45, 7) is 3.20. The van der Waals surface area contributed by atoms with Gasteiger partial charge in [-0.2, -0.15) is 0 Å². The first kappa shape index (κ1) is 21.9. The fourth-order valence-electron chi connectivity index (χ4n) is 2.84. The Morgan fingerprint density at radius 1 is 1.11 bits per heavy atom. The monoisotopic (exact) mass is 346 g/mol. The first-order valence-electron chi connectivity index (χ1n) is 8.18. The third-order valence-electron chi connectivity index (χ3n) is 4.47. The number of rotatable bonds is 6. The summed E-state index contributed by atoms with van der Waals surface area (Å²) in [5.74, 6) is -0.251. The maximum Gasteiger partial charge on any atom is 0.311 e. The van der Waals surface area contributed by atoms with Gasteiger partial charge in [-0.25, -0.2) is 0 Å². The Morgan fingerprint density at radius 3 is 2.15 bits per heavy atom. The number of nitro groups is 1. The molecule has 1 heterocycles. The molecule has 0 bridgehead atoms. The van der Waals surface area contributed by atoms with E-state index in [0.29, 0.717) is 12.1 Å². The van der Waals surface area contributed by atoms with E-state index in [1.807, 2.05) is 6.08 Å². The highest BCUT2D eigenvalue weighted by atomic mass is 16.6. The summed E-state index contributed by atoms with van der Waals surface area (Å²) >= 11 is 0. The average molecular weight is 345 g/mol. The molecule has 1 N–H and O–H groups in total. The van der Waals surface area contributed by atoms with Crippen LogP contribution < -0.4 is 10.1 Å². The largest absolute Gasteiger partial charge is 0.494 e. The van der Waals surface area contributed by atoms with Crippen LogP contribution in [0.3, 0.4) is 0 Å². The number of nitrogens with one attached hydrogen (secondary N) is 1. The molecule has 0 saturated heterocycles. The molecule has 1 aliphatic heterocycles. The third-order valence-corrected chi connectivity index (χ3v) is 4.47. The lowest BCUT2D eigenvalue weighted by Gasteiger charge is -2.54. The van der Waals surface area contributed by atoms with E-state index in [4.69, 9.17) is 59.7 Å². The molecule has 2 rings (SSSR count). The molecular weight excluding hydrogens is 332 g/mol. The van der Waals surface area contributed by atoms with Gasteiger partial charge >= 0.3 is 5.69 Å². The quantitative estimate of drug-likeness (QED) is 0.436. The van der Waals surface area contributed by atoms with Gasteiger partial charge in [0.1, 0.15) is 7.85 Å². The van der Waals surface area contributed by atoms with Gasteiger partial charge in [0.05, 0.1) is 52.0 Å². The van der Waals surface area contributed by atoms with Gasteiger partial charge in [0, 0.05) is 18.1 Å². The zero-order valence-electron chi connectivity index (χ0n) is 15.1. The summed E-state index contributed by atoms with van der Waals surface area (Å²) in [7, 11) is 40.0. The van der Waals surface area contributed by atoms with Crippen molar-refractivity contribution in [3.8, 4) is 5.75 Å². The van der Waals surface area contributed by atoms with Crippen LogP contribution in [0.5, 0.6) is 5.75 Å². The van der Waals surface area contributed by atoms with Crippen molar-refractivity contribution in [1.82, 2.24) is 5.32 Å². The van der Waals surface area contributed by atoms with E-state index in [2.05, 4.69) is 5.32 Å². The van der Waals surface area contributed by atoms with E-state index < -0.39 is 20.6 Å². The summed E-state index contributed by atoms with van der Waals surface area (Å²) in [5.41, 5.74) is -0.391. The zero-order valence-corrected chi connectivity index (χ0v) is 15.1. The molecule has 0 aliphatic carbocycles. The molecule has 5 nitrogen and oxygen atoms in total. The van der Waals surface area contributed by atoms with Crippen LogP contribution in [0.15, 0.2) is 18.2 Å². The predicted octanol–water partition coefficient (Wildman–Crippen LogP) is -0.318. The molecule has 12 heteroatoms. The second-order valence-electron chi connectivity index (χ2n) is 6.78. The number of hydrogen-bond donors (Lipinski definition) is 1. The number of benzene rings is 1. The number of hydrogen-bond acceptors (Lipinski definition) is 4. The van der Waals surface area contributed by atoms with Gasteiger partial charge in [0.2, 0.25) is 0 Å². The van der Waals surface area contributed by atoms with E-state index in [1.54, 1.807) is 6.92 Å². The average Bonchev–Trinajstić information content (AvgIpc) is 2.54. The first-order chi connectivity index (χ1) is 12.3. The predicted molar refractivity (Wildman–Crippen MR) is 112 cm³/mol. The summed E-state index contributed by atoms with van der Waals surface area (Å²) in [6.07, 6.45) is 2.71. The Bertz CT molecular complexity index is 758. The molecule has 27 heavy (non-hydrogen) atoms.